The predicted molar refractivity (Wildman–Crippen MR) is 111 cm³/mol. The Morgan fingerprint density at radius 1 is 0.920 bits per heavy atom. The van der Waals surface area contributed by atoms with E-state index in [0.717, 1.165) is 31.1 Å². The Labute approximate surface area is 155 Å². The number of carbonyl (C=O) groups is 1. The first-order valence-corrected chi connectivity index (χ1v) is 11.6. The van der Waals surface area contributed by atoms with E-state index in [0.29, 0.717) is 22.2 Å². The number of benzene rings is 1. The summed E-state index contributed by atoms with van der Waals surface area (Å²) < 4.78 is 0. The molecule has 25 heavy (non-hydrogen) atoms. The molecule has 0 aromatic heterocycles. The third kappa shape index (κ3) is 5.62. The molecule has 0 saturated heterocycles. The second kappa shape index (κ2) is 10.3. The molecule has 0 amide bonds. The first kappa shape index (κ1) is 21.3. The molecule has 0 spiro atoms. The van der Waals surface area contributed by atoms with Crippen LogP contribution in [0, 0.1) is 23.3 Å². The number of unbranched alkanes of at least 4 members (excludes halogenated alkanes) is 2. The summed E-state index contributed by atoms with van der Waals surface area (Å²) in [6, 6.07) is 7.47. The van der Waals surface area contributed by atoms with Crippen LogP contribution in [0.3, 0.4) is 0 Å². The lowest BCUT2D eigenvalue weighted by molar-refractivity contribution is 0.112. The smallest absolute Gasteiger partial charge is 0.151 e. The molecule has 0 aliphatic heterocycles. The highest BCUT2D eigenvalue weighted by atomic mass is 28.3. The molecule has 0 fully saturated rings. The summed E-state index contributed by atoms with van der Waals surface area (Å²) in [4.78, 5) is 11.0. The molecule has 134 valence electrons. The Balaban J connectivity index is 2.66. The van der Waals surface area contributed by atoms with Gasteiger partial charge in [0.1, 0.15) is 8.07 Å². The summed E-state index contributed by atoms with van der Waals surface area (Å²) in [6.45, 7) is 14.1. The number of carbonyl (C=O) groups excluding carboxylic acids is 1. The van der Waals surface area contributed by atoms with E-state index in [1.807, 2.05) is 18.2 Å². The van der Waals surface area contributed by atoms with Crippen molar-refractivity contribution in [3.05, 3.63) is 35.4 Å². The lowest BCUT2D eigenvalue weighted by Gasteiger charge is -2.38. The molecule has 0 radical (unpaired) electrons. The van der Waals surface area contributed by atoms with Crippen LogP contribution in [0.5, 0.6) is 0 Å². The van der Waals surface area contributed by atoms with E-state index >= 15 is 0 Å². The minimum atomic E-state index is -1.60. The van der Waals surface area contributed by atoms with Crippen molar-refractivity contribution in [3.8, 4) is 23.3 Å². The summed E-state index contributed by atoms with van der Waals surface area (Å²) in [5.41, 5.74) is 7.27. The summed E-state index contributed by atoms with van der Waals surface area (Å²) in [6.07, 6.45) is 3.58. The van der Waals surface area contributed by atoms with Crippen LogP contribution in [0.15, 0.2) is 24.3 Å². The zero-order chi connectivity index (χ0) is 18.9. The molecule has 2 heteroatoms. The van der Waals surface area contributed by atoms with Crippen molar-refractivity contribution in [2.75, 3.05) is 0 Å². The van der Waals surface area contributed by atoms with Crippen LogP contribution in [0.2, 0.25) is 16.6 Å². The zero-order valence-electron chi connectivity index (χ0n) is 16.6. The first-order valence-electron chi connectivity index (χ1n) is 9.39. The Hall–Kier alpha value is -1.77. The molecule has 1 nitrogen and oxygen atoms in total. The molecule has 1 aromatic carbocycles. The number of hydrogen-bond donors (Lipinski definition) is 0. The molecule has 0 saturated carbocycles. The maximum absolute atomic E-state index is 11.0. The molecular formula is C23H32OSi. The maximum Gasteiger partial charge on any atom is 0.151 e. The highest BCUT2D eigenvalue weighted by Crippen LogP contribution is 2.40. The number of rotatable bonds is 6. The van der Waals surface area contributed by atoms with Crippen molar-refractivity contribution in [1.82, 2.24) is 0 Å². The Morgan fingerprint density at radius 2 is 1.48 bits per heavy atom. The average Bonchev–Trinajstić information content (AvgIpc) is 2.56. The van der Waals surface area contributed by atoms with E-state index in [4.69, 9.17) is 0 Å². The fourth-order valence-electron chi connectivity index (χ4n) is 3.79. The van der Waals surface area contributed by atoms with E-state index < -0.39 is 8.07 Å². The van der Waals surface area contributed by atoms with Crippen LogP contribution in [0.4, 0.5) is 0 Å². The van der Waals surface area contributed by atoms with Gasteiger partial charge in [0.05, 0.1) is 0 Å². The van der Waals surface area contributed by atoms with Crippen molar-refractivity contribution in [2.45, 2.75) is 77.4 Å². The highest BCUT2D eigenvalue weighted by Gasteiger charge is 2.41. The van der Waals surface area contributed by atoms with Gasteiger partial charge in [0.25, 0.3) is 0 Å². The molecule has 0 aliphatic carbocycles. The Morgan fingerprint density at radius 3 is 2.04 bits per heavy atom. The molecule has 0 heterocycles. The largest absolute Gasteiger partial charge is 0.298 e. The summed E-state index contributed by atoms with van der Waals surface area (Å²) in [7, 11) is -1.60. The van der Waals surface area contributed by atoms with Crippen LogP contribution in [-0.2, 0) is 0 Å². The molecule has 1 aromatic rings. The molecule has 0 aliphatic rings. The third-order valence-corrected chi connectivity index (χ3v) is 11.4. The summed E-state index contributed by atoms with van der Waals surface area (Å²) >= 11 is 0. The molecule has 1 rings (SSSR count). The van der Waals surface area contributed by atoms with Gasteiger partial charge in [-0.3, -0.25) is 4.79 Å². The van der Waals surface area contributed by atoms with Gasteiger partial charge in [-0.1, -0.05) is 71.6 Å². The molecule has 0 atom stereocenters. The fraction of sp³-hybridized carbons (Fsp3) is 0.522. The van der Waals surface area contributed by atoms with Crippen molar-refractivity contribution < 1.29 is 4.79 Å². The van der Waals surface area contributed by atoms with E-state index in [1.165, 1.54) is 0 Å². The van der Waals surface area contributed by atoms with E-state index in [9.17, 15) is 4.79 Å². The van der Waals surface area contributed by atoms with Gasteiger partial charge >= 0.3 is 0 Å². The van der Waals surface area contributed by atoms with Crippen molar-refractivity contribution >= 4 is 14.4 Å². The van der Waals surface area contributed by atoms with E-state index in [1.54, 1.807) is 6.07 Å². The summed E-state index contributed by atoms with van der Waals surface area (Å²) in [5, 5.41) is 0. The monoisotopic (exact) mass is 352 g/mol. The van der Waals surface area contributed by atoms with Gasteiger partial charge in [0.2, 0.25) is 0 Å². The quantitative estimate of drug-likeness (QED) is 0.256. The van der Waals surface area contributed by atoms with Crippen LogP contribution in [0.1, 0.15) is 76.7 Å². The van der Waals surface area contributed by atoms with Crippen LogP contribution >= 0.6 is 0 Å². The van der Waals surface area contributed by atoms with Gasteiger partial charge in [0, 0.05) is 24.0 Å². The standard InChI is InChI=1S/C23H32OSi/c1-19(2)25(20(3)4,21(5)6)17-13-9-7-8-10-14-22-15-11-12-16-23(22)18-24/h11-12,15-16,18-21H,7-9H2,1-6H3. The Kier molecular flexibility index (Phi) is 8.74. The SMILES string of the molecule is CC(C)[Si](C#CCCCC#Cc1ccccc1C=O)(C(C)C)C(C)C. The van der Waals surface area contributed by atoms with Crippen LogP contribution < -0.4 is 0 Å². The average molecular weight is 353 g/mol. The van der Waals surface area contributed by atoms with Gasteiger partial charge < -0.3 is 0 Å². The number of hydrogen-bond acceptors (Lipinski definition) is 1. The van der Waals surface area contributed by atoms with Crippen molar-refractivity contribution in [2.24, 2.45) is 0 Å². The van der Waals surface area contributed by atoms with Crippen molar-refractivity contribution in [3.63, 3.8) is 0 Å². The number of aldehydes is 1. The molecular weight excluding hydrogens is 320 g/mol. The minimum absolute atomic E-state index is 0.663. The topological polar surface area (TPSA) is 17.1 Å². The van der Waals surface area contributed by atoms with Gasteiger partial charge in [-0.05, 0) is 29.1 Å². The van der Waals surface area contributed by atoms with Gasteiger partial charge in [-0.2, -0.15) is 0 Å². The van der Waals surface area contributed by atoms with Gasteiger partial charge in [0.15, 0.2) is 6.29 Å². The third-order valence-electron chi connectivity index (χ3n) is 5.09. The molecule has 0 N–H and O–H groups in total. The second-order valence-electron chi connectivity index (χ2n) is 7.56. The molecule has 0 bridgehead atoms. The second-order valence-corrected chi connectivity index (χ2v) is 13.1. The molecule has 0 unspecified atom stereocenters. The van der Waals surface area contributed by atoms with E-state index in [2.05, 4.69) is 64.8 Å². The fourth-order valence-corrected chi connectivity index (χ4v) is 9.08. The van der Waals surface area contributed by atoms with Crippen LogP contribution in [0.25, 0.3) is 0 Å². The highest BCUT2D eigenvalue weighted by molar-refractivity contribution is 6.90. The lowest BCUT2D eigenvalue weighted by atomic mass is 10.1. The van der Waals surface area contributed by atoms with Crippen LogP contribution in [-0.4, -0.2) is 14.4 Å². The zero-order valence-corrected chi connectivity index (χ0v) is 17.6. The normalized spacial score (nSPS) is 11.1. The Bertz CT molecular complexity index is 655. The van der Waals surface area contributed by atoms with Crippen molar-refractivity contribution in [1.29, 1.82) is 0 Å². The summed E-state index contributed by atoms with van der Waals surface area (Å²) in [5.74, 6) is 9.76. The maximum atomic E-state index is 11.0. The first-order chi connectivity index (χ1) is 11.9. The predicted octanol–water partition coefficient (Wildman–Crippen LogP) is 6.24. The minimum Gasteiger partial charge on any atom is -0.298 e. The lowest BCUT2D eigenvalue weighted by Crippen LogP contribution is -2.43. The van der Waals surface area contributed by atoms with E-state index in [-0.39, 0.29) is 0 Å². The van der Waals surface area contributed by atoms with Gasteiger partial charge in [-0.15, -0.1) is 11.5 Å². The van der Waals surface area contributed by atoms with Gasteiger partial charge in [-0.25, -0.2) is 0 Å².